The van der Waals surface area contributed by atoms with Crippen molar-refractivity contribution in [3.05, 3.63) is 99.5 Å². The summed E-state index contributed by atoms with van der Waals surface area (Å²) < 4.78 is 6.74. The molecule has 0 aliphatic heterocycles. The molecule has 0 heterocycles. The zero-order valence-electron chi connectivity index (χ0n) is 20.0. The van der Waals surface area contributed by atoms with Crippen LogP contribution in [0, 0.1) is 0 Å². The molecule has 0 saturated heterocycles. The first-order valence-electron chi connectivity index (χ1n) is 12.2. The second kappa shape index (κ2) is 12.9. The lowest BCUT2D eigenvalue weighted by atomic mass is 10.0. The molecule has 7 heteroatoms. The summed E-state index contributed by atoms with van der Waals surface area (Å²) in [5.74, 6) is 0.189. The average Bonchev–Trinajstić information content (AvgIpc) is 3.39. The van der Waals surface area contributed by atoms with Crippen LogP contribution in [-0.4, -0.2) is 35.4 Å². The first kappa shape index (κ1) is 26.2. The molecular weight excluding hydrogens is 540 g/mol. The Morgan fingerprint density at radius 2 is 1.67 bits per heavy atom. The molecule has 5 nitrogen and oxygen atoms in total. The maximum Gasteiger partial charge on any atom is 0.261 e. The second-order valence-corrected chi connectivity index (χ2v) is 10.4. The molecule has 1 saturated carbocycles. The van der Waals surface area contributed by atoms with E-state index in [-0.39, 0.29) is 31.0 Å². The zero-order chi connectivity index (χ0) is 25.3. The Morgan fingerprint density at radius 3 is 2.36 bits per heavy atom. The van der Waals surface area contributed by atoms with E-state index < -0.39 is 6.04 Å². The fraction of sp³-hybridized carbons (Fsp3) is 0.310. The smallest absolute Gasteiger partial charge is 0.261 e. The number of nitrogens with zero attached hydrogens (tertiary/aromatic N) is 1. The molecule has 0 bridgehead atoms. The van der Waals surface area contributed by atoms with Gasteiger partial charge in [0, 0.05) is 28.5 Å². The van der Waals surface area contributed by atoms with Gasteiger partial charge in [0.05, 0.1) is 0 Å². The summed E-state index contributed by atoms with van der Waals surface area (Å²) in [6.45, 7) is 0.0723. The van der Waals surface area contributed by atoms with Crippen molar-refractivity contribution in [2.45, 2.75) is 50.7 Å². The van der Waals surface area contributed by atoms with E-state index in [9.17, 15) is 9.59 Å². The maximum absolute atomic E-state index is 13.6. The standard InChI is InChI=1S/C29H30BrClN2O3/c30-23-13-15-26(16-14-23)36-20-28(34)33(19-22-9-6-10-24(31)17-22)27(18-21-7-2-1-3-8-21)29(35)32-25-11-4-5-12-25/h1-3,6-10,13-17,25,27H,4-5,11-12,18-20H2,(H,32,35)/t27-/m1/s1. The van der Waals surface area contributed by atoms with Crippen molar-refractivity contribution in [1.29, 1.82) is 0 Å². The van der Waals surface area contributed by atoms with Gasteiger partial charge in [-0.1, -0.05) is 82.8 Å². The number of halogens is 2. The predicted octanol–water partition coefficient (Wildman–Crippen LogP) is 6.18. The molecule has 1 aliphatic rings. The van der Waals surface area contributed by atoms with Crippen LogP contribution in [0.4, 0.5) is 0 Å². The quantitative estimate of drug-likeness (QED) is 0.317. The number of amides is 2. The molecule has 3 aromatic rings. The third-order valence-corrected chi connectivity index (χ3v) is 7.15. The van der Waals surface area contributed by atoms with Crippen LogP contribution in [0.2, 0.25) is 5.02 Å². The minimum absolute atomic E-state index is 0.134. The Kier molecular flexibility index (Phi) is 9.42. The van der Waals surface area contributed by atoms with Crippen LogP contribution < -0.4 is 10.1 Å². The van der Waals surface area contributed by atoms with Crippen LogP contribution >= 0.6 is 27.5 Å². The van der Waals surface area contributed by atoms with E-state index in [2.05, 4.69) is 21.2 Å². The summed E-state index contributed by atoms with van der Waals surface area (Å²) >= 11 is 9.64. The molecule has 0 aromatic heterocycles. The molecule has 188 valence electrons. The van der Waals surface area contributed by atoms with Crippen molar-refractivity contribution < 1.29 is 14.3 Å². The van der Waals surface area contributed by atoms with Gasteiger partial charge in [-0.25, -0.2) is 0 Å². The van der Waals surface area contributed by atoms with E-state index in [1.54, 1.807) is 23.1 Å². The fourth-order valence-corrected chi connectivity index (χ4v) is 4.99. The topological polar surface area (TPSA) is 58.6 Å². The lowest BCUT2D eigenvalue weighted by Gasteiger charge is -2.32. The van der Waals surface area contributed by atoms with E-state index in [1.807, 2.05) is 60.7 Å². The molecule has 1 aliphatic carbocycles. The summed E-state index contributed by atoms with van der Waals surface area (Å²) in [6, 6.07) is 24.0. The minimum atomic E-state index is -0.687. The van der Waals surface area contributed by atoms with E-state index in [0.717, 1.165) is 41.3 Å². The van der Waals surface area contributed by atoms with Crippen LogP contribution in [0.25, 0.3) is 0 Å². The molecule has 0 unspecified atom stereocenters. The molecule has 3 aromatic carbocycles. The number of carbonyl (C=O) groups excluding carboxylic acids is 2. The van der Waals surface area contributed by atoms with Gasteiger partial charge < -0.3 is 15.0 Å². The van der Waals surface area contributed by atoms with Gasteiger partial charge in [0.1, 0.15) is 11.8 Å². The van der Waals surface area contributed by atoms with E-state index in [0.29, 0.717) is 17.2 Å². The first-order valence-corrected chi connectivity index (χ1v) is 13.4. The van der Waals surface area contributed by atoms with Gasteiger partial charge >= 0.3 is 0 Å². The van der Waals surface area contributed by atoms with Crippen molar-refractivity contribution in [3.63, 3.8) is 0 Å². The molecule has 0 radical (unpaired) electrons. The Labute approximate surface area is 225 Å². The summed E-state index contributed by atoms with van der Waals surface area (Å²) in [5, 5.41) is 3.79. The van der Waals surface area contributed by atoms with E-state index in [1.165, 1.54) is 0 Å². The summed E-state index contributed by atoms with van der Waals surface area (Å²) in [6.07, 6.45) is 4.57. The lowest BCUT2D eigenvalue weighted by Crippen LogP contribution is -2.53. The zero-order valence-corrected chi connectivity index (χ0v) is 22.4. The number of nitrogens with one attached hydrogen (secondary N) is 1. The van der Waals surface area contributed by atoms with Gasteiger partial charge in [0.25, 0.3) is 5.91 Å². The Balaban J connectivity index is 1.60. The number of hydrogen-bond acceptors (Lipinski definition) is 3. The fourth-order valence-electron chi connectivity index (χ4n) is 4.51. The summed E-state index contributed by atoms with van der Waals surface area (Å²) in [4.78, 5) is 28.9. The number of carbonyl (C=O) groups is 2. The number of rotatable bonds is 10. The van der Waals surface area contributed by atoms with Crippen LogP contribution in [-0.2, 0) is 22.6 Å². The molecule has 1 fully saturated rings. The highest BCUT2D eigenvalue weighted by atomic mass is 79.9. The van der Waals surface area contributed by atoms with Gasteiger partial charge in [-0.15, -0.1) is 0 Å². The van der Waals surface area contributed by atoms with Crippen molar-refractivity contribution in [2.24, 2.45) is 0 Å². The number of ether oxygens (including phenoxy) is 1. The molecule has 1 N–H and O–H groups in total. The molecule has 1 atom stereocenters. The molecule has 4 rings (SSSR count). The minimum Gasteiger partial charge on any atom is -0.484 e. The van der Waals surface area contributed by atoms with Crippen molar-refractivity contribution in [2.75, 3.05) is 6.61 Å². The van der Waals surface area contributed by atoms with Crippen molar-refractivity contribution in [3.8, 4) is 5.75 Å². The summed E-state index contributed by atoms with van der Waals surface area (Å²) in [7, 11) is 0. The SMILES string of the molecule is O=C(NC1CCCC1)[C@@H](Cc1ccccc1)N(Cc1cccc(Cl)c1)C(=O)COc1ccc(Br)cc1. The van der Waals surface area contributed by atoms with Crippen molar-refractivity contribution in [1.82, 2.24) is 10.2 Å². The van der Waals surface area contributed by atoms with Gasteiger partial charge in [0.15, 0.2) is 6.61 Å². The molecule has 2 amide bonds. The Morgan fingerprint density at radius 1 is 0.972 bits per heavy atom. The van der Waals surface area contributed by atoms with Gasteiger partial charge in [-0.2, -0.15) is 0 Å². The second-order valence-electron chi connectivity index (χ2n) is 9.09. The monoisotopic (exact) mass is 568 g/mol. The molecule has 0 spiro atoms. The summed E-state index contributed by atoms with van der Waals surface area (Å²) in [5.41, 5.74) is 1.84. The molecule has 36 heavy (non-hydrogen) atoms. The Hall–Kier alpha value is -2.83. The van der Waals surface area contributed by atoms with Crippen LogP contribution in [0.3, 0.4) is 0 Å². The Bertz CT molecular complexity index is 1150. The maximum atomic E-state index is 13.6. The van der Waals surface area contributed by atoms with Crippen LogP contribution in [0.5, 0.6) is 5.75 Å². The van der Waals surface area contributed by atoms with Gasteiger partial charge in [-0.05, 0) is 60.4 Å². The number of benzene rings is 3. The van der Waals surface area contributed by atoms with Crippen LogP contribution in [0.1, 0.15) is 36.8 Å². The van der Waals surface area contributed by atoms with Gasteiger partial charge in [0.2, 0.25) is 5.91 Å². The van der Waals surface area contributed by atoms with Crippen LogP contribution in [0.15, 0.2) is 83.3 Å². The third kappa shape index (κ3) is 7.58. The lowest BCUT2D eigenvalue weighted by molar-refractivity contribution is -0.143. The highest BCUT2D eigenvalue weighted by Crippen LogP contribution is 2.21. The predicted molar refractivity (Wildman–Crippen MR) is 146 cm³/mol. The largest absolute Gasteiger partial charge is 0.484 e. The van der Waals surface area contributed by atoms with Crippen molar-refractivity contribution >= 4 is 39.3 Å². The average molecular weight is 570 g/mol. The highest BCUT2D eigenvalue weighted by molar-refractivity contribution is 9.10. The van der Waals surface area contributed by atoms with E-state index in [4.69, 9.17) is 16.3 Å². The number of hydrogen-bond donors (Lipinski definition) is 1. The van der Waals surface area contributed by atoms with Gasteiger partial charge in [-0.3, -0.25) is 9.59 Å². The first-order chi connectivity index (χ1) is 17.5. The molecular formula is C29H30BrClN2O3. The highest BCUT2D eigenvalue weighted by Gasteiger charge is 2.32. The normalized spacial score (nSPS) is 14.3. The third-order valence-electron chi connectivity index (χ3n) is 6.39. The van der Waals surface area contributed by atoms with E-state index >= 15 is 0 Å².